The lowest BCUT2D eigenvalue weighted by atomic mass is 10.2. The van der Waals surface area contributed by atoms with Crippen LogP contribution in [0.3, 0.4) is 0 Å². The van der Waals surface area contributed by atoms with Crippen molar-refractivity contribution in [3.63, 3.8) is 0 Å². The molecule has 0 N–H and O–H groups in total. The van der Waals surface area contributed by atoms with Crippen molar-refractivity contribution in [3.05, 3.63) is 93.7 Å². The summed E-state index contributed by atoms with van der Waals surface area (Å²) in [5, 5.41) is 4.87. The van der Waals surface area contributed by atoms with Gasteiger partial charge in [-0.15, -0.1) is 0 Å². The number of hydrogen-bond acceptors (Lipinski definition) is 5. The SMILES string of the molecule is COc1cc(C=Nn2c(C)nc3ccc(Br)cc3c2=O)cc(Br)c1OCc1ccc(Br)cc1Br. The molecule has 1 aromatic heterocycles. The van der Waals surface area contributed by atoms with E-state index in [2.05, 4.69) is 73.8 Å². The maximum atomic E-state index is 13.0. The molecule has 0 radical (unpaired) electrons. The highest BCUT2D eigenvalue weighted by Crippen LogP contribution is 2.37. The summed E-state index contributed by atoms with van der Waals surface area (Å²) in [6.07, 6.45) is 1.59. The van der Waals surface area contributed by atoms with Crippen molar-refractivity contribution in [2.45, 2.75) is 13.5 Å². The Morgan fingerprint density at radius 1 is 1.00 bits per heavy atom. The lowest BCUT2D eigenvalue weighted by molar-refractivity contribution is 0.282. The van der Waals surface area contributed by atoms with Crippen LogP contribution in [0.5, 0.6) is 11.5 Å². The first-order valence-electron chi connectivity index (χ1n) is 9.94. The van der Waals surface area contributed by atoms with Crippen LogP contribution in [0.25, 0.3) is 10.9 Å². The van der Waals surface area contributed by atoms with E-state index in [-0.39, 0.29) is 5.56 Å². The predicted molar refractivity (Wildman–Crippen MR) is 148 cm³/mol. The number of aromatic nitrogens is 2. The summed E-state index contributed by atoms with van der Waals surface area (Å²) in [4.78, 5) is 17.5. The minimum atomic E-state index is -0.244. The highest BCUT2D eigenvalue weighted by Gasteiger charge is 2.13. The summed E-state index contributed by atoms with van der Waals surface area (Å²) in [5.74, 6) is 1.59. The van der Waals surface area contributed by atoms with E-state index in [1.807, 2.05) is 30.3 Å². The predicted octanol–water partition coefficient (Wildman–Crippen LogP) is 7.22. The maximum absolute atomic E-state index is 13.0. The van der Waals surface area contributed by atoms with Gasteiger partial charge in [-0.05, 0) is 70.9 Å². The van der Waals surface area contributed by atoms with Crippen LogP contribution in [0.4, 0.5) is 0 Å². The molecule has 3 aromatic carbocycles. The fraction of sp³-hybridized carbons (Fsp3) is 0.125. The van der Waals surface area contributed by atoms with Gasteiger partial charge in [0.05, 0.1) is 28.7 Å². The Morgan fingerprint density at radius 3 is 2.47 bits per heavy atom. The molecule has 0 aliphatic rings. The lowest BCUT2D eigenvalue weighted by Gasteiger charge is -2.14. The summed E-state index contributed by atoms with van der Waals surface area (Å²) in [6, 6.07) is 14.9. The number of halogens is 4. The fourth-order valence-electron chi connectivity index (χ4n) is 3.26. The monoisotopic (exact) mass is 711 g/mol. The molecule has 4 aromatic rings. The van der Waals surface area contributed by atoms with E-state index in [1.165, 1.54) is 4.68 Å². The first kappa shape index (κ1) is 25.1. The van der Waals surface area contributed by atoms with Gasteiger partial charge >= 0.3 is 0 Å². The van der Waals surface area contributed by atoms with E-state index >= 15 is 0 Å². The summed E-state index contributed by atoms with van der Waals surface area (Å²) in [7, 11) is 1.57. The zero-order valence-electron chi connectivity index (χ0n) is 18.0. The number of benzene rings is 3. The number of fused-ring (bicyclic) bond motifs is 1. The quantitative estimate of drug-likeness (QED) is 0.198. The molecular weight excluding hydrogens is 698 g/mol. The van der Waals surface area contributed by atoms with Crippen LogP contribution in [0, 0.1) is 6.92 Å². The molecule has 174 valence electrons. The molecule has 0 unspecified atom stereocenters. The minimum Gasteiger partial charge on any atom is -0.493 e. The second kappa shape index (κ2) is 10.7. The van der Waals surface area contributed by atoms with E-state index in [1.54, 1.807) is 38.4 Å². The van der Waals surface area contributed by atoms with E-state index in [0.29, 0.717) is 39.3 Å². The Labute approximate surface area is 229 Å². The second-order valence-corrected chi connectivity index (χ2v) is 10.8. The Hall–Kier alpha value is -2.01. The van der Waals surface area contributed by atoms with Crippen LogP contribution >= 0.6 is 63.7 Å². The number of ether oxygens (including phenoxy) is 2. The largest absolute Gasteiger partial charge is 0.493 e. The van der Waals surface area contributed by atoms with Crippen molar-refractivity contribution in [2.24, 2.45) is 5.10 Å². The van der Waals surface area contributed by atoms with Crippen molar-refractivity contribution in [2.75, 3.05) is 7.11 Å². The van der Waals surface area contributed by atoms with Gasteiger partial charge in [0, 0.05) is 19.0 Å². The van der Waals surface area contributed by atoms with Gasteiger partial charge in [-0.2, -0.15) is 9.78 Å². The van der Waals surface area contributed by atoms with Gasteiger partial charge in [-0.25, -0.2) is 4.98 Å². The van der Waals surface area contributed by atoms with Crippen molar-refractivity contribution in [1.82, 2.24) is 9.66 Å². The maximum Gasteiger partial charge on any atom is 0.282 e. The van der Waals surface area contributed by atoms with Crippen molar-refractivity contribution in [3.8, 4) is 11.5 Å². The first-order valence-corrected chi connectivity index (χ1v) is 13.1. The molecule has 0 bridgehead atoms. The van der Waals surface area contributed by atoms with Gasteiger partial charge < -0.3 is 9.47 Å². The average Bonchev–Trinajstić information content (AvgIpc) is 2.79. The van der Waals surface area contributed by atoms with Crippen LogP contribution in [-0.2, 0) is 6.61 Å². The molecule has 0 aliphatic heterocycles. The van der Waals surface area contributed by atoms with Gasteiger partial charge in [-0.1, -0.05) is 53.9 Å². The van der Waals surface area contributed by atoms with Crippen molar-refractivity contribution < 1.29 is 9.47 Å². The minimum absolute atomic E-state index is 0.244. The average molecular weight is 715 g/mol. The highest BCUT2D eigenvalue weighted by atomic mass is 79.9. The van der Waals surface area contributed by atoms with Crippen molar-refractivity contribution in [1.29, 1.82) is 0 Å². The highest BCUT2D eigenvalue weighted by molar-refractivity contribution is 9.11. The zero-order valence-corrected chi connectivity index (χ0v) is 24.3. The standard InChI is InChI=1S/C24H17Br4N3O3/c1-13-30-21-6-5-16(25)9-18(21)24(32)31(13)29-11-14-7-20(28)23(22(8-14)33-2)34-12-15-3-4-17(26)10-19(15)27/h3-11H,12H2,1-2H3. The summed E-state index contributed by atoms with van der Waals surface area (Å²) in [5.41, 5.74) is 2.10. The molecule has 0 aliphatic carbocycles. The molecule has 0 spiro atoms. The Morgan fingerprint density at radius 2 is 1.74 bits per heavy atom. The molecule has 0 saturated heterocycles. The third kappa shape index (κ3) is 5.45. The first-order chi connectivity index (χ1) is 16.3. The molecule has 0 atom stereocenters. The molecule has 1 heterocycles. The summed E-state index contributed by atoms with van der Waals surface area (Å²) >= 11 is 14.0. The topological polar surface area (TPSA) is 65.7 Å². The van der Waals surface area contributed by atoms with Crippen LogP contribution in [0.1, 0.15) is 17.0 Å². The normalized spacial score (nSPS) is 11.4. The molecule has 0 amide bonds. The smallest absolute Gasteiger partial charge is 0.282 e. The van der Waals surface area contributed by atoms with E-state index in [9.17, 15) is 4.79 Å². The van der Waals surface area contributed by atoms with E-state index < -0.39 is 0 Å². The lowest BCUT2D eigenvalue weighted by Crippen LogP contribution is -2.20. The van der Waals surface area contributed by atoms with Gasteiger partial charge in [0.2, 0.25) is 0 Å². The number of aryl methyl sites for hydroxylation is 1. The van der Waals surface area contributed by atoms with Crippen LogP contribution in [0.15, 0.2) is 76.3 Å². The van der Waals surface area contributed by atoms with Crippen LogP contribution in [-0.4, -0.2) is 23.0 Å². The Balaban J connectivity index is 1.63. The third-order valence-corrected chi connectivity index (χ3v) is 7.25. The molecule has 6 nitrogen and oxygen atoms in total. The molecule has 4 rings (SSSR count). The molecule has 0 saturated carbocycles. The van der Waals surface area contributed by atoms with E-state index in [0.717, 1.165) is 24.5 Å². The Bertz CT molecular complexity index is 1490. The number of rotatable bonds is 6. The third-order valence-electron chi connectivity index (χ3n) is 4.93. The van der Waals surface area contributed by atoms with Crippen molar-refractivity contribution >= 4 is 80.8 Å². The van der Waals surface area contributed by atoms with Crippen LogP contribution < -0.4 is 15.0 Å². The van der Waals surface area contributed by atoms with Crippen LogP contribution in [0.2, 0.25) is 0 Å². The summed E-state index contributed by atoms with van der Waals surface area (Å²) in [6.45, 7) is 2.09. The summed E-state index contributed by atoms with van der Waals surface area (Å²) < 4.78 is 16.3. The number of nitrogens with zero attached hydrogens (tertiary/aromatic N) is 3. The van der Waals surface area contributed by atoms with Gasteiger partial charge in [0.15, 0.2) is 11.5 Å². The van der Waals surface area contributed by atoms with Gasteiger partial charge in [-0.3, -0.25) is 4.79 Å². The zero-order chi connectivity index (χ0) is 24.4. The molecule has 10 heteroatoms. The van der Waals surface area contributed by atoms with Gasteiger partial charge in [0.1, 0.15) is 12.4 Å². The fourth-order valence-corrected chi connectivity index (χ4v) is 5.36. The number of methoxy groups -OCH3 is 1. The van der Waals surface area contributed by atoms with Gasteiger partial charge in [0.25, 0.3) is 5.56 Å². The second-order valence-electron chi connectivity index (χ2n) is 7.24. The number of hydrogen-bond donors (Lipinski definition) is 0. The molecular formula is C24H17Br4N3O3. The molecule has 34 heavy (non-hydrogen) atoms. The van der Waals surface area contributed by atoms with E-state index in [4.69, 9.17) is 9.47 Å². The molecule has 0 fully saturated rings. The Kier molecular flexibility index (Phi) is 7.91.